The summed E-state index contributed by atoms with van der Waals surface area (Å²) in [5, 5.41) is 9.14. The molecule has 7 nitrogen and oxygen atoms in total. The van der Waals surface area contributed by atoms with Crippen molar-refractivity contribution in [1.82, 2.24) is 24.4 Å². The summed E-state index contributed by atoms with van der Waals surface area (Å²) >= 11 is 0. The van der Waals surface area contributed by atoms with Gasteiger partial charge in [-0.3, -0.25) is 0 Å². The number of nitrogen functional groups attached to an aromatic ring is 2. The maximum absolute atomic E-state index is 6.22. The van der Waals surface area contributed by atoms with Gasteiger partial charge in [-0.15, -0.1) is 5.10 Å². The van der Waals surface area contributed by atoms with Crippen LogP contribution >= 0.6 is 0 Å². The Morgan fingerprint density at radius 1 is 0.643 bits per heavy atom. The van der Waals surface area contributed by atoms with Gasteiger partial charge in [0.15, 0.2) is 11.5 Å². The van der Waals surface area contributed by atoms with E-state index in [0.717, 1.165) is 22.5 Å². The molecule has 28 heavy (non-hydrogen) atoms. The Morgan fingerprint density at radius 3 is 1.93 bits per heavy atom. The van der Waals surface area contributed by atoms with Crippen molar-refractivity contribution < 1.29 is 0 Å². The number of nitrogens with zero attached hydrogens (tertiary/aromatic N) is 5. The highest BCUT2D eigenvalue weighted by Crippen LogP contribution is 2.25. The summed E-state index contributed by atoms with van der Waals surface area (Å²) in [4.78, 5) is 4.69. The number of benzene rings is 2. The number of aromatic nitrogens is 5. The Bertz CT molecular complexity index is 1270. The van der Waals surface area contributed by atoms with Gasteiger partial charge in [0.25, 0.3) is 0 Å². The maximum atomic E-state index is 6.22. The molecular formula is C21H17N7. The van der Waals surface area contributed by atoms with E-state index in [2.05, 4.69) is 15.2 Å². The lowest BCUT2D eigenvalue weighted by molar-refractivity contribution is 0.826. The highest BCUT2D eigenvalue weighted by Gasteiger charge is 2.14. The smallest absolute Gasteiger partial charge is 0.180 e. The van der Waals surface area contributed by atoms with Gasteiger partial charge in [-0.2, -0.15) is 14.3 Å². The minimum atomic E-state index is 0.490. The van der Waals surface area contributed by atoms with Crippen LogP contribution < -0.4 is 11.5 Å². The first kappa shape index (κ1) is 16.1. The first-order valence-corrected chi connectivity index (χ1v) is 8.82. The third-order valence-electron chi connectivity index (χ3n) is 4.53. The molecule has 0 aliphatic carbocycles. The zero-order valence-corrected chi connectivity index (χ0v) is 14.9. The fourth-order valence-electron chi connectivity index (χ4n) is 3.18. The highest BCUT2D eigenvalue weighted by atomic mass is 15.4. The summed E-state index contributed by atoms with van der Waals surface area (Å²) in [7, 11) is 0. The largest absolute Gasteiger partial charge is 0.384 e. The molecule has 2 aromatic carbocycles. The molecule has 5 aromatic rings. The molecule has 0 amide bonds. The molecule has 0 saturated heterocycles. The standard InChI is InChI=1S/C21H17N7/c22-18-11-16(14-7-3-1-4-8-14)24-20-13-21(26-27(18)20)28-19(23)12-17(25-28)15-9-5-2-6-10-15/h1-13H,22-23H2. The minimum Gasteiger partial charge on any atom is -0.384 e. The van der Waals surface area contributed by atoms with Crippen molar-refractivity contribution in [3.63, 3.8) is 0 Å². The number of nitrogens with two attached hydrogens (primary N) is 2. The van der Waals surface area contributed by atoms with E-state index in [-0.39, 0.29) is 0 Å². The van der Waals surface area contributed by atoms with E-state index in [1.54, 1.807) is 15.3 Å². The van der Waals surface area contributed by atoms with Gasteiger partial charge in [-0.25, -0.2) is 4.98 Å². The van der Waals surface area contributed by atoms with E-state index >= 15 is 0 Å². The van der Waals surface area contributed by atoms with Crippen molar-refractivity contribution in [2.75, 3.05) is 11.5 Å². The third kappa shape index (κ3) is 2.66. The molecule has 0 bridgehead atoms. The van der Waals surface area contributed by atoms with Crippen molar-refractivity contribution in [2.45, 2.75) is 0 Å². The summed E-state index contributed by atoms with van der Waals surface area (Å²) < 4.78 is 3.18. The molecule has 0 unspecified atom stereocenters. The summed E-state index contributed by atoms with van der Waals surface area (Å²) in [5.41, 5.74) is 16.6. The van der Waals surface area contributed by atoms with E-state index in [1.165, 1.54) is 0 Å². The first-order valence-electron chi connectivity index (χ1n) is 8.82. The van der Waals surface area contributed by atoms with Crippen LogP contribution in [0.25, 0.3) is 34.0 Å². The molecule has 0 spiro atoms. The lowest BCUT2D eigenvalue weighted by Gasteiger charge is -2.04. The average Bonchev–Trinajstić information content (AvgIpc) is 3.33. The SMILES string of the molecule is Nc1cc(-c2ccccc2)nn1-c1cc2nc(-c3ccccc3)cc(N)n2n1. The predicted molar refractivity (Wildman–Crippen MR) is 110 cm³/mol. The first-order chi connectivity index (χ1) is 13.7. The quantitative estimate of drug-likeness (QED) is 0.509. The van der Waals surface area contributed by atoms with Crippen LogP contribution in [0.4, 0.5) is 11.6 Å². The second-order valence-electron chi connectivity index (χ2n) is 6.44. The van der Waals surface area contributed by atoms with Crippen LogP contribution in [0.3, 0.4) is 0 Å². The molecule has 4 N–H and O–H groups in total. The molecule has 3 heterocycles. The summed E-state index contributed by atoms with van der Waals surface area (Å²) in [6.45, 7) is 0. The number of rotatable bonds is 3. The van der Waals surface area contributed by atoms with Crippen molar-refractivity contribution in [3.05, 3.63) is 78.9 Å². The number of hydrogen-bond donors (Lipinski definition) is 2. The van der Waals surface area contributed by atoms with Gasteiger partial charge in [0.2, 0.25) is 0 Å². The van der Waals surface area contributed by atoms with Crippen LogP contribution in [0, 0.1) is 0 Å². The number of hydrogen-bond acceptors (Lipinski definition) is 5. The second kappa shape index (κ2) is 6.24. The van der Waals surface area contributed by atoms with Crippen LogP contribution in [0.15, 0.2) is 78.9 Å². The molecule has 0 fully saturated rings. The fraction of sp³-hybridized carbons (Fsp3) is 0. The number of fused-ring (bicyclic) bond motifs is 1. The van der Waals surface area contributed by atoms with Gasteiger partial charge >= 0.3 is 0 Å². The summed E-state index contributed by atoms with van der Waals surface area (Å²) in [5.74, 6) is 1.54. The molecule has 5 rings (SSSR count). The topological polar surface area (TPSA) is 100 Å². The highest BCUT2D eigenvalue weighted by molar-refractivity contribution is 5.67. The zero-order chi connectivity index (χ0) is 19.1. The molecule has 0 aliphatic rings. The van der Waals surface area contributed by atoms with Crippen molar-refractivity contribution in [1.29, 1.82) is 0 Å². The van der Waals surface area contributed by atoms with E-state index in [4.69, 9.17) is 11.5 Å². The average molecular weight is 367 g/mol. The number of anilines is 2. The van der Waals surface area contributed by atoms with Crippen LogP contribution in [-0.2, 0) is 0 Å². The Hall–Kier alpha value is -4.13. The van der Waals surface area contributed by atoms with Crippen LogP contribution in [-0.4, -0.2) is 24.4 Å². The van der Waals surface area contributed by atoms with Crippen molar-refractivity contribution in [2.24, 2.45) is 0 Å². The van der Waals surface area contributed by atoms with Crippen molar-refractivity contribution >= 4 is 17.3 Å². The normalized spacial score (nSPS) is 11.1. The lowest BCUT2D eigenvalue weighted by Crippen LogP contribution is -2.04. The van der Waals surface area contributed by atoms with Gasteiger partial charge in [0.1, 0.15) is 11.6 Å². The van der Waals surface area contributed by atoms with Gasteiger partial charge in [-0.1, -0.05) is 60.7 Å². The van der Waals surface area contributed by atoms with Crippen LogP contribution in [0.2, 0.25) is 0 Å². The summed E-state index contributed by atoms with van der Waals surface area (Å²) in [6, 6.07) is 25.2. The van der Waals surface area contributed by atoms with Gasteiger partial charge in [0, 0.05) is 29.3 Å². The molecule has 7 heteroatoms. The molecule has 136 valence electrons. The Kier molecular flexibility index (Phi) is 3.58. The maximum Gasteiger partial charge on any atom is 0.180 e. The Labute approximate surface area is 160 Å². The van der Waals surface area contributed by atoms with Crippen LogP contribution in [0.5, 0.6) is 0 Å². The predicted octanol–water partition coefficient (Wildman–Crippen LogP) is 3.41. The molecule has 0 atom stereocenters. The van der Waals surface area contributed by atoms with E-state index in [9.17, 15) is 0 Å². The molecule has 0 saturated carbocycles. The lowest BCUT2D eigenvalue weighted by atomic mass is 10.1. The monoisotopic (exact) mass is 367 g/mol. The van der Waals surface area contributed by atoms with Crippen molar-refractivity contribution in [3.8, 4) is 28.3 Å². The Balaban J connectivity index is 1.61. The van der Waals surface area contributed by atoms with Gasteiger partial charge in [0.05, 0.1) is 11.4 Å². The van der Waals surface area contributed by atoms with E-state index in [0.29, 0.717) is 23.1 Å². The van der Waals surface area contributed by atoms with E-state index < -0.39 is 0 Å². The second-order valence-corrected chi connectivity index (χ2v) is 6.44. The summed E-state index contributed by atoms with van der Waals surface area (Å²) in [6.07, 6.45) is 0. The molecule has 3 aromatic heterocycles. The van der Waals surface area contributed by atoms with Gasteiger partial charge in [-0.05, 0) is 0 Å². The van der Waals surface area contributed by atoms with Crippen LogP contribution in [0.1, 0.15) is 0 Å². The van der Waals surface area contributed by atoms with E-state index in [1.807, 2.05) is 72.8 Å². The van der Waals surface area contributed by atoms with Gasteiger partial charge < -0.3 is 11.5 Å². The molecule has 0 aliphatic heterocycles. The minimum absolute atomic E-state index is 0.490. The third-order valence-corrected chi connectivity index (χ3v) is 4.53. The molecular weight excluding hydrogens is 350 g/mol. The zero-order valence-electron chi connectivity index (χ0n) is 14.9. The fourth-order valence-corrected chi connectivity index (χ4v) is 3.18. The Morgan fingerprint density at radius 2 is 1.25 bits per heavy atom. The molecule has 0 radical (unpaired) electrons.